The highest BCUT2D eigenvalue weighted by Crippen LogP contribution is 2.17. The molecule has 0 amide bonds. The van der Waals surface area contributed by atoms with Crippen molar-refractivity contribution in [1.82, 2.24) is 9.78 Å². The molecule has 0 aliphatic rings. The molecule has 74 valence electrons. The Morgan fingerprint density at radius 3 is 3.00 bits per heavy atom. The van der Waals surface area contributed by atoms with Crippen molar-refractivity contribution in [3.8, 4) is 0 Å². The molecule has 0 bridgehead atoms. The third-order valence-electron chi connectivity index (χ3n) is 1.80. The Kier molecular flexibility index (Phi) is 4.32. The van der Waals surface area contributed by atoms with Gasteiger partial charge < -0.3 is 5.73 Å². The van der Waals surface area contributed by atoms with Gasteiger partial charge in [-0.25, -0.2) is 0 Å². The Balaban J connectivity index is 2.26. The first-order valence-electron chi connectivity index (χ1n) is 4.59. The maximum Gasteiger partial charge on any atom is 0.0625 e. The fourth-order valence-electron chi connectivity index (χ4n) is 1.13. The molecular weight excluding hydrogens is 182 g/mol. The van der Waals surface area contributed by atoms with Gasteiger partial charge in [-0.15, -0.1) is 11.8 Å². The molecule has 0 radical (unpaired) electrons. The molecule has 0 spiro atoms. The lowest BCUT2D eigenvalue weighted by Crippen LogP contribution is -2.22. The van der Waals surface area contributed by atoms with E-state index in [0.29, 0.717) is 6.04 Å². The van der Waals surface area contributed by atoms with Gasteiger partial charge in [0.05, 0.1) is 6.20 Å². The zero-order valence-electron chi connectivity index (χ0n) is 8.23. The highest BCUT2D eigenvalue weighted by Gasteiger charge is 2.03. The summed E-state index contributed by atoms with van der Waals surface area (Å²) in [5, 5.41) is 4.10. The molecule has 13 heavy (non-hydrogen) atoms. The van der Waals surface area contributed by atoms with Crippen molar-refractivity contribution in [3.05, 3.63) is 12.4 Å². The van der Waals surface area contributed by atoms with E-state index >= 15 is 0 Å². The van der Waals surface area contributed by atoms with Crippen molar-refractivity contribution >= 4 is 11.8 Å². The van der Waals surface area contributed by atoms with Crippen LogP contribution in [0.5, 0.6) is 0 Å². The van der Waals surface area contributed by atoms with Gasteiger partial charge in [-0.05, 0) is 6.42 Å². The summed E-state index contributed by atoms with van der Waals surface area (Å²) in [5.74, 6) is 0.986. The molecule has 4 heteroatoms. The van der Waals surface area contributed by atoms with Gasteiger partial charge in [0.1, 0.15) is 0 Å². The Labute approximate surface area is 83.7 Å². The van der Waals surface area contributed by atoms with E-state index in [9.17, 15) is 0 Å². The van der Waals surface area contributed by atoms with E-state index in [1.165, 1.54) is 4.90 Å². The first-order valence-corrected chi connectivity index (χ1v) is 5.58. The van der Waals surface area contributed by atoms with Crippen molar-refractivity contribution in [1.29, 1.82) is 0 Å². The van der Waals surface area contributed by atoms with Crippen molar-refractivity contribution in [2.45, 2.75) is 30.7 Å². The Morgan fingerprint density at radius 2 is 2.46 bits per heavy atom. The monoisotopic (exact) mass is 199 g/mol. The summed E-state index contributed by atoms with van der Waals surface area (Å²) in [4.78, 5) is 1.20. The van der Waals surface area contributed by atoms with Gasteiger partial charge in [0.2, 0.25) is 0 Å². The summed E-state index contributed by atoms with van der Waals surface area (Å²) >= 11 is 1.78. The van der Waals surface area contributed by atoms with Crippen LogP contribution in [0.1, 0.15) is 19.8 Å². The molecule has 1 aromatic rings. The van der Waals surface area contributed by atoms with Crippen LogP contribution >= 0.6 is 11.8 Å². The van der Waals surface area contributed by atoms with Crippen LogP contribution in [0.2, 0.25) is 0 Å². The molecule has 0 aliphatic carbocycles. The van der Waals surface area contributed by atoms with E-state index in [4.69, 9.17) is 5.73 Å². The SMILES string of the molecule is CCCC(N)CSc1cnn(C)c1. The minimum absolute atomic E-state index is 0.315. The van der Waals surface area contributed by atoms with Crippen molar-refractivity contribution in [3.63, 3.8) is 0 Å². The van der Waals surface area contributed by atoms with Crippen LogP contribution in [0.15, 0.2) is 17.3 Å². The number of hydrogen-bond acceptors (Lipinski definition) is 3. The fraction of sp³-hybridized carbons (Fsp3) is 0.667. The first-order chi connectivity index (χ1) is 6.22. The van der Waals surface area contributed by atoms with E-state index in [-0.39, 0.29) is 0 Å². The summed E-state index contributed by atoms with van der Waals surface area (Å²) in [6, 6.07) is 0.315. The van der Waals surface area contributed by atoms with Crippen molar-refractivity contribution < 1.29 is 0 Å². The van der Waals surface area contributed by atoms with Crippen LogP contribution in [0.3, 0.4) is 0 Å². The van der Waals surface area contributed by atoms with Gasteiger partial charge in [-0.2, -0.15) is 5.10 Å². The molecule has 0 saturated heterocycles. The summed E-state index contributed by atoms with van der Waals surface area (Å²) in [6.07, 6.45) is 6.16. The van der Waals surface area contributed by atoms with Gasteiger partial charge in [0.25, 0.3) is 0 Å². The predicted octanol–water partition coefficient (Wildman–Crippen LogP) is 1.64. The second-order valence-corrected chi connectivity index (χ2v) is 4.30. The van der Waals surface area contributed by atoms with Gasteiger partial charge in [0.15, 0.2) is 0 Å². The van der Waals surface area contributed by atoms with Crippen LogP contribution in [-0.2, 0) is 7.05 Å². The molecule has 0 aromatic carbocycles. The largest absolute Gasteiger partial charge is 0.327 e. The summed E-state index contributed by atoms with van der Waals surface area (Å²) in [7, 11) is 1.93. The van der Waals surface area contributed by atoms with E-state index in [1.54, 1.807) is 11.8 Å². The smallest absolute Gasteiger partial charge is 0.0625 e. The molecule has 1 aromatic heterocycles. The lowest BCUT2D eigenvalue weighted by atomic mass is 10.2. The standard InChI is InChI=1S/C9H17N3S/c1-3-4-8(10)7-13-9-5-11-12(2)6-9/h5-6,8H,3-4,7,10H2,1-2H3. The maximum absolute atomic E-state index is 5.89. The second-order valence-electron chi connectivity index (χ2n) is 3.21. The lowest BCUT2D eigenvalue weighted by Gasteiger charge is -2.07. The summed E-state index contributed by atoms with van der Waals surface area (Å²) in [6.45, 7) is 2.16. The number of aryl methyl sites for hydroxylation is 1. The maximum atomic E-state index is 5.89. The number of nitrogens with two attached hydrogens (primary N) is 1. The zero-order chi connectivity index (χ0) is 9.68. The number of rotatable bonds is 5. The molecule has 0 saturated carbocycles. The van der Waals surface area contributed by atoms with Crippen LogP contribution < -0.4 is 5.73 Å². The minimum Gasteiger partial charge on any atom is -0.327 e. The second kappa shape index (κ2) is 5.29. The summed E-state index contributed by atoms with van der Waals surface area (Å²) in [5.41, 5.74) is 5.89. The topological polar surface area (TPSA) is 43.8 Å². The van der Waals surface area contributed by atoms with Gasteiger partial charge in [-0.3, -0.25) is 4.68 Å². The number of hydrogen-bond donors (Lipinski definition) is 1. The van der Waals surface area contributed by atoms with Gasteiger partial charge in [0, 0.05) is 29.9 Å². The van der Waals surface area contributed by atoms with Gasteiger partial charge in [-0.1, -0.05) is 13.3 Å². The van der Waals surface area contributed by atoms with Crippen LogP contribution in [0, 0.1) is 0 Å². The minimum atomic E-state index is 0.315. The molecule has 0 fully saturated rings. The highest BCUT2D eigenvalue weighted by molar-refractivity contribution is 7.99. The lowest BCUT2D eigenvalue weighted by molar-refractivity contribution is 0.661. The van der Waals surface area contributed by atoms with Gasteiger partial charge >= 0.3 is 0 Å². The van der Waals surface area contributed by atoms with E-state index in [2.05, 4.69) is 12.0 Å². The first kappa shape index (κ1) is 10.6. The number of aromatic nitrogens is 2. The molecule has 1 heterocycles. The fourth-order valence-corrected chi connectivity index (χ4v) is 2.05. The molecule has 2 N–H and O–H groups in total. The molecular formula is C9H17N3S. The normalized spacial score (nSPS) is 13.2. The quantitative estimate of drug-likeness (QED) is 0.733. The average Bonchev–Trinajstić information content (AvgIpc) is 2.49. The van der Waals surface area contributed by atoms with E-state index in [0.717, 1.165) is 18.6 Å². The van der Waals surface area contributed by atoms with E-state index < -0.39 is 0 Å². The van der Waals surface area contributed by atoms with Crippen LogP contribution in [0.25, 0.3) is 0 Å². The zero-order valence-corrected chi connectivity index (χ0v) is 9.05. The van der Waals surface area contributed by atoms with E-state index in [1.807, 2.05) is 24.1 Å². The Bertz CT molecular complexity index is 247. The van der Waals surface area contributed by atoms with Crippen LogP contribution in [-0.4, -0.2) is 21.6 Å². The van der Waals surface area contributed by atoms with Crippen molar-refractivity contribution in [2.75, 3.05) is 5.75 Å². The Morgan fingerprint density at radius 1 is 1.69 bits per heavy atom. The molecule has 1 unspecified atom stereocenters. The third-order valence-corrected chi connectivity index (χ3v) is 2.94. The summed E-state index contributed by atoms with van der Waals surface area (Å²) < 4.78 is 1.81. The third kappa shape index (κ3) is 3.83. The number of thioether (sulfide) groups is 1. The van der Waals surface area contributed by atoms with Crippen molar-refractivity contribution in [2.24, 2.45) is 12.8 Å². The predicted molar refractivity (Wildman–Crippen MR) is 56.8 cm³/mol. The average molecular weight is 199 g/mol. The van der Waals surface area contributed by atoms with Crippen LogP contribution in [0.4, 0.5) is 0 Å². The molecule has 1 atom stereocenters. The molecule has 0 aliphatic heterocycles. The molecule has 3 nitrogen and oxygen atoms in total. The molecule has 1 rings (SSSR count). The Hall–Kier alpha value is -0.480. The highest BCUT2D eigenvalue weighted by atomic mass is 32.2. The number of nitrogens with zero attached hydrogens (tertiary/aromatic N) is 2.